The van der Waals surface area contributed by atoms with E-state index in [1.54, 1.807) is 12.5 Å². The van der Waals surface area contributed by atoms with Crippen molar-refractivity contribution in [3.63, 3.8) is 0 Å². The zero-order valence-electron chi connectivity index (χ0n) is 24.6. The first-order chi connectivity index (χ1) is 19.7. The molecule has 218 valence electrons. The molecule has 4 aromatic rings. The highest BCUT2D eigenvalue weighted by Gasteiger charge is 2.29. The van der Waals surface area contributed by atoms with Crippen molar-refractivity contribution in [2.75, 3.05) is 25.4 Å². The van der Waals surface area contributed by atoms with Crippen molar-refractivity contribution >= 4 is 22.8 Å². The maximum Gasteiger partial charge on any atom is 0.313 e. The molecule has 1 aliphatic rings. The summed E-state index contributed by atoms with van der Waals surface area (Å²) in [5.41, 5.74) is 10.7. The maximum absolute atomic E-state index is 12.1. The van der Waals surface area contributed by atoms with Gasteiger partial charge in [-0.2, -0.15) is 0 Å². The van der Waals surface area contributed by atoms with Crippen LogP contribution in [0.4, 0.5) is 5.82 Å². The van der Waals surface area contributed by atoms with Crippen LogP contribution in [0, 0.1) is 12.3 Å². The van der Waals surface area contributed by atoms with Crippen LogP contribution in [0.25, 0.3) is 22.2 Å². The van der Waals surface area contributed by atoms with Gasteiger partial charge in [0.25, 0.3) is 0 Å². The van der Waals surface area contributed by atoms with E-state index in [-0.39, 0.29) is 19.3 Å². The van der Waals surface area contributed by atoms with E-state index in [4.69, 9.17) is 15.2 Å². The Balaban J connectivity index is 1.33. The molecule has 0 aliphatic carbocycles. The van der Waals surface area contributed by atoms with E-state index in [0.717, 1.165) is 53.9 Å². The van der Waals surface area contributed by atoms with Gasteiger partial charge in [0.1, 0.15) is 30.1 Å². The Hall–Kier alpha value is -3.99. The summed E-state index contributed by atoms with van der Waals surface area (Å²) < 4.78 is 15.3. The number of nitrogens with zero attached hydrogens (tertiary/aromatic N) is 7. The molecule has 0 amide bonds. The van der Waals surface area contributed by atoms with Crippen molar-refractivity contribution < 1.29 is 14.3 Å². The Bertz CT molecular complexity index is 1500. The number of likely N-dealkylation sites (tertiary alicyclic amines) is 1. The summed E-state index contributed by atoms with van der Waals surface area (Å²) in [6.07, 6.45) is 6.67. The summed E-state index contributed by atoms with van der Waals surface area (Å²) in [5, 5.41) is 8.85. The minimum absolute atomic E-state index is 0.0159. The third-order valence-electron chi connectivity index (χ3n) is 7.66. The summed E-state index contributed by atoms with van der Waals surface area (Å²) in [5.74, 6) is 0.877. The molecule has 5 rings (SSSR count). The molecule has 3 aromatic heterocycles. The van der Waals surface area contributed by atoms with Gasteiger partial charge in [0.15, 0.2) is 6.73 Å². The Labute approximate surface area is 240 Å². The normalized spacial score (nSPS) is 16.0. The van der Waals surface area contributed by atoms with E-state index < -0.39 is 5.41 Å². The van der Waals surface area contributed by atoms with Crippen LogP contribution in [-0.2, 0) is 22.9 Å². The third kappa shape index (κ3) is 6.04. The lowest BCUT2D eigenvalue weighted by Crippen LogP contribution is -2.24. The van der Waals surface area contributed by atoms with Crippen molar-refractivity contribution in [2.24, 2.45) is 5.41 Å². The highest BCUT2D eigenvalue weighted by molar-refractivity contribution is 6.02. The highest BCUT2D eigenvalue weighted by Crippen LogP contribution is 2.40. The van der Waals surface area contributed by atoms with Crippen LogP contribution in [-0.4, -0.2) is 60.0 Å². The number of nitrogens with two attached hydrogens (primary N) is 1. The SMILES string of the molecule is CCCCN1CCC(n2c(C)c(-c3ccc(OCc4cnnn4COC(=O)C(C)(C)C)cc3)c3c(N)ncnc32)C1. The van der Waals surface area contributed by atoms with E-state index in [1.807, 2.05) is 45.0 Å². The number of anilines is 1. The largest absolute Gasteiger partial charge is 0.487 e. The second kappa shape index (κ2) is 11.9. The standard InChI is InChI=1S/C30H40N8O3/c1-6-7-13-36-14-12-22(16-36)38-20(2)25(26-27(31)32-18-33-28(26)38)21-8-10-24(11-9-21)40-17-23-15-34-35-37(23)19-41-29(39)30(3,4)5/h8-11,15,18,22H,6-7,12-14,16-17,19H2,1-5H3,(H2,31,32,33). The molecule has 1 aliphatic heterocycles. The molecule has 1 saturated heterocycles. The first-order valence-electron chi connectivity index (χ1n) is 14.3. The predicted molar refractivity (Wildman–Crippen MR) is 157 cm³/mol. The monoisotopic (exact) mass is 560 g/mol. The second-order valence-corrected chi connectivity index (χ2v) is 11.7. The van der Waals surface area contributed by atoms with E-state index in [1.165, 1.54) is 17.5 Å². The fourth-order valence-electron chi connectivity index (χ4n) is 5.39. The van der Waals surface area contributed by atoms with Gasteiger partial charge in [-0.25, -0.2) is 14.6 Å². The van der Waals surface area contributed by atoms with Crippen LogP contribution < -0.4 is 10.5 Å². The number of fused-ring (bicyclic) bond motifs is 1. The minimum Gasteiger partial charge on any atom is -0.487 e. The van der Waals surface area contributed by atoms with Gasteiger partial charge in [-0.3, -0.25) is 4.79 Å². The molecule has 4 heterocycles. The van der Waals surface area contributed by atoms with Crippen LogP contribution in [0.5, 0.6) is 5.75 Å². The summed E-state index contributed by atoms with van der Waals surface area (Å²) in [6.45, 7) is 13.3. The fourth-order valence-corrected chi connectivity index (χ4v) is 5.39. The number of ether oxygens (including phenoxy) is 2. The lowest BCUT2D eigenvalue weighted by Gasteiger charge is -2.18. The van der Waals surface area contributed by atoms with Crippen molar-refractivity contribution in [2.45, 2.75) is 73.3 Å². The molecule has 0 spiro atoms. The number of benzene rings is 1. The molecule has 1 unspecified atom stereocenters. The number of carbonyl (C=O) groups excluding carboxylic acids is 1. The van der Waals surface area contributed by atoms with Gasteiger partial charge in [0.2, 0.25) is 0 Å². The average molecular weight is 561 g/mol. The van der Waals surface area contributed by atoms with Gasteiger partial charge in [-0.1, -0.05) is 30.7 Å². The van der Waals surface area contributed by atoms with E-state index in [0.29, 0.717) is 23.3 Å². The van der Waals surface area contributed by atoms with Crippen LogP contribution >= 0.6 is 0 Å². The van der Waals surface area contributed by atoms with Gasteiger partial charge in [0.05, 0.1) is 22.7 Å². The van der Waals surface area contributed by atoms with Gasteiger partial charge in [0, 0.05) is 30.4 Å². The van der Waals surface area contributed by atoms with Gasteiger partial charge in [-0.15, -0.1) is 5.10 Å². The molecule has 11 nitrogen and oxygen atoms in total. The number of nitrogen functional groups attached to an aromatic ring is 1. The molecule has 0 radical (unpaired) electrons. The molecule has 41 heavy (non-hydrogen) atoms. The molecule has 1 fully saturated rings. The molecular weight excluding hydrogens is 520 g/mol. The molecule has 0 bridgehead atoms. The number of carbonyl (C=O) groups is 1. The minimum atomic E-state index is -0.591. The Morgan fingerprint density at radius 3 is 2.68 bits per heavy atom. The second-order valence-electron chi connectivity index (χ2n) is 11.7. The van der Waals surface area contributed by atoms with Crippen molar-refractivity contribution in [3.05, 3.63) is 48.2 Å². The van der Waals surface area contributed by atoms with Gasteiger partial charge >= 0.3 is 5.97 Å². The van der Waals surface area contributed by atoms with Gasteiger partial charge in [-0.05, 0) is 64.8 Å². The molecule has 0 saturated carbocycles. The topological polar surface area (TPSA) is 126 Å². The van der Waals surface area contributed by atoms with Crippen LogP contribution in [0.3, 0.4) is 0 Å². The van der Waals surface area contributed by atoms with E-state index in [9.17, 15) is 4.79 Å². The first kappa shape index (κ1) is 28.5. The summed E-state index contributed by atoms with van der Waals surface area (Å²) in [6, 6.07) is 8.30. The Morgan fingerprint density at radius 2 is 1.95 bits per heavy atom. The molecule has 11 heteroatoms. The number of rotatable bonds is 10. The lowest BCUT2D eigenvalue weighted by atomic mass is 9.98. The molecule has 1 atom stereocenters. The predicted octanol–water partition coefficient (Wildman–Crippen LogP) is 4.75. The fraction of sp³-hybridized carbons (Fsp3) is 0.500. The molecule has 2 N–H and O–H groups in total. The smallest absolute Gasteiger partial charge is 0.313 e. The summed E-state index contributed by atoms with van der Waals surface area (Å²) >= 11 is 0. The average Bonchev–Trinajstić information content (AvgIpc) is 3.67. The number of aromatic nitrogens is 6. The van der Waals surface area contributed by atoms with Crippen LogP contribution in [0.2, 0.25) is 0 Å². The lowest BCUT2D eigenvalue weighted by molar-refractivity contribution is -0.157. The number of hydrogen-bond donors (Lipinski definition) is 1. The number of unbranched alkanes of at least 4 members (excludes halogenated alkanes) is 1. The quantitative estimate of drug-likeness (QED) is 0.273. The van der Waals surface area contributed by atoms with E-state index >= 15 is 0 Å². The third-order valence-corrected chi connectivity index (χ3v) is 7.66. The number of hydrogen-bond acceptors (Lipinski definition) is 9. The molecular formula is C30H40N8O3. The van der Waals surface area contributed by atoms with Crippen molar-refractivity contribution in [3.8, 4) is 16.9 Å². The van der Waals surface area contributed by atoms with Crippen LogP contribution in [0.15, 0.2) is 36.8 Å². The maximum atomic E-state index is 12.1. The summed E-state index contributed by atoms with van der Waals surface area (Å²) in [4.78, 5) is 23.7. The van der Waals surface area contributed by atoms with Crippen molar-refractivity contribution in [1.29, 1.82) is 0 Å². The summed E-state index contributed by atoms with van der Waals surface area (Å²) in [7, 11) is 0. The van der Waals surface area contributed by atoms with Crippen LogP contribution in [0.1, 0.15) is 64.4 Å². The van der Waals surface area contributed by atoms with Crippen molar-refractivity contribution in [1.82, 2.24) is 34.4 Å². The molecule has 1 aromatic carbocycles. The highest BCUT2D eigenvalue weighted by atomic mass is 16.5. The zero-order chi connectivity index (χ0) is 29.1. The number of esters is 1. The van der Waals surface area contributed by atoms with Gasteiger partial charge < -0.3 is 24.7 Å². The Morgan fingerprint density at radius 1 is 1.17 bits per heavy atom. The zero-order valence-corrected chi connectivity index (χ0v) is 24.6. The first-order valence-corrected chi connectivity index (χ1v) is 14.3. The Kier molecular flexibility index (Phi) is 8.25. The van der Waals surface area contributed by atoms with E-state index in [2.05, 4.69) is 43.6 Å².